The summed E-state index contributed by atoms with van der Waals surface area (Å²) in [7, 11) is 0. The van der Waals surface area contributed by atoms with E-state index in [0.29, 0.717) is 0 Å². The van der Waals surface area contributed by atoms with Gasteiger partial charge < -0.3 is 0 Å². The van der Waals surface area contributed by atoms with Gasteiger partial charge in [-0.3, -0.25) is 0 Å². The zero-order valence-electron chi connectivity index (χ0n) is 7.67. The highest BCUT2D eigenvalue weighted by Crippen LogP contribution is 2.13. The summed E-state index contributed by atoms with van der Waals surface area (Å²) in [5.41, 5.74) is 3.61. The van der Waals surface area contributed by atoms with Crippen molar-refractivity contribution in [2.45, 2.75) is 13.3 Å². The molecule has 0 bridgehead atoms. The Morgan fingerprint density at radius 3 is 2.62 bits per heavy atom. The topological polar surface area (TPSA) is 29.9 Å². The van der Waals surface area contributed by atoms with Crippen LogP contribution in [0.25, 0.3) is 11.3 Å². The van der Waals surface area contributed by atoms with Crippen LogP contribution in [0.4, 0.5) is 0 Å². The van der Waals surface area contributed by atoms with Gasteiger partial charge in [-0.05, 0) is 18.6 Å². The molecule has 0 aliphatic heterocycles. The highest BCUT2D eigenvalue weighted by Gasteiger charge is 2.07. The minimum atomic E-state index is 1.03. The normalized spacial score (nSPS) is 10.2. The van der Waals surface area contributed by atoms with E-state index >= 15 is 0 Å². The van der Waals surface area contributed by atoms with Gasteiger partial charge in [-0.15, -0.1) is 5.10 Å². The molecule has 2 aromatic rings. The van der Waals surface area contributed by atoms with Crippen LogP contribution in [0.1, 0.15) is 12.6 Å². The van der Waals surface area contributed by atoms with Gasteiger partial charge in [0.2, 0.25) is 5.69 Å². The van der Waals surface area contributed by atoms with Gasteiger partial charge in [0.25, 0.3) is 0 Å². The molecule has 66 valence electrons. The van der Waals surface area contributed by atoms with Gasteiger partial charge in [0, 0.05) is 11.6 Å². The number of aryl methyl sites for hydroxylation is 1. The molecular weight excluding hydrogens is 160 g/mol. The molecule has 2 N–H and O–H groups in total. The summed E-state index contributed by atoms with van der Waals surface area (Å²) in [6.07, 6.45) is 1.03. The third-order valence-electron chi connectivity index (χ3n) is 2.14. The van der Waals surface area contributed by atoms with Crippen LogP contribution in [-0.2, 0) is 6.42 Å². The van der Waals surface area contributed by atoms with E-state index < -0.39 is 0 Å². The predicted octanol–water partition coefficient (Wildman–Crippen LogP) is 2.06. The van der Waals surface area contributed by atoms with Crippen molar-refractivity contribution in [3.05, 3.63) is 42.1 Å². The molecule has 1 aromatic carbocycles. The smallest absolute Gasteiger partial charge is 0.171 e. The molecule has 0 radical (unpaired) electrons. The van der Waals surface area contributed by atoms with Gasteiger partial charge in [0.1, 0.15) is 0 Å². The fourth-order valence-electron chi connectivity index (χ4n) is 1.36. The van der Waals surface area contributed by atoms with Crippen LogP contribution < -0.4 is 5.10 Å². The summed E-state index contributed by atoms with van der Waals surface area (Å²) in [6.45, 7) is 2.13. The van der Waals surface area contributed by atoms with Gasteiger partial charge >= 0.3 is 0 Å². The van der Waals surface area contributed by atoms with Gasteiger partial charge in [0.15, 0.2) is 0 Å². The molecule has 0 saturated heterocycles. The van der Waals surface area contributed by atoms with Crippen molar-refractivity contribution in [2.24, 2.45) is 0 Å². The second-order valence-electron chi connectivity index (χ2n) is 3.05. The van der Waals surface area contributed by atoms with Gasteiger partial charge in [-0.2, -0.15) is 5.10 Å². The Balaban J connectivity index is 2.36. The first-order valence-corrected chi connectivity index (χ1v) is 4.55. The van der Waals surface area contributed by atoms with E-state index in [9.17, 15) is 0 Å². The molecule has 1 aromatic heterocycles. The van der Waals surface area contributed by atoms with Gasteiger partial charge in [-0.25, -0.2) is 0 Å². The fourth-order valence-corrected chi connectivity index (χ4v) is 1.36. The van der Waals surface area contributed by atoms with Crippen molar-refractivity contribution in [3.8, 4) is 11.3 Å². The lowest BCUT2D eigenvalue weighted by Gasteiger charge is -1.87. The maximum atomic E-state index is 3.15. The average molecular weight is 173 g/mol. The summed E-state index contributed by atoms with van der Waals surface area (Å²) < 4.78 is 0. The van der Waals surface area contributed by atoms with Crippen LogP contribution in [0, 0.1) is 0 Å². The fraction of sp³-hybridized carbons (Fsp3) is 0.182. The van der Waals surface area contributed by atoms with Crippen molar-refractivity contribution in [3.63, 3.8) is 0 Å². The zero-order chi connectivity index (χ0) is 9.10. The first kappa shape index (κ1) is 8.05. The van der Waals surface area contributed by atoms with Crippen LogP contribution in [-0.4, -0.2) is 5.10 Å². The molecule has 13 heavy (non-hydrogen) atoms. The molecule has 0 atom stereocenters. The Morgan fingerprint density at radius 2 is 2.00 bits per heavy atom. The maximum Gasteiger partial charge on any atom is 0.235 e. The highest BCUT2D eigenvalue weighted by molar-refractivity contribution is 5.55. The van der Waals surface area contributed by atoms with Gasteiger partial charge in [-0.1, -0.05) is 25.1 Å². The zero-order valence-corrected chi connectivity index (χ0v) is 7.67. The van der Waals surface area contributed by atoms with Crippen LogP contribution in [0.3, 0.4) is 0 Å². The van der Waals surface area contributed by atoms with Crippen molar-refractivity contribution in [1.29, 1.82) is 0 Å². The molecule has 1 heterocycles. The first-order chi connectivity index (χ1) is 6.40. The van der Waals surface area contributed by atoms with E-state index in [1.54, 1.807) is 0 Å². The number of nitrogens with one attached hydrogen (secondary N) is 2. The molecule has 0 unspecified atom stereocenters. The molecule has 2 heteroatoms. The lowest BCUT2D eigenvalue weighted by Crippen LogP contribution is -2.04. The van der Waals surface area contributed by atoms with Gasteiger partial charge in [0.05, 0.1) is 5.69 Å². The van der Waals surface area contributed by atoms with E-state index in [4.69, 9.17) is 0 Å². The number of aromatic amines is 2. The molecule has 0 aliphatic carbocycles. The first-order valence-electron chi connectivity index (χ1n) is 4.55. The monoisotopic (exact) mass is 173 g/mol. The van der Waals surface area contributed by atoms with E-state index in [2.05, 4.69) is 35.3 Å². The minimum Gasteiger partial charge on any atom is -0.171 e. The van der Waals surface area contributed by atoms with E-state index in [0.717, 1.165) is 12.1 Å². The third-order valence-corrected chi connectivity index (χ3v) is 2.14. The quantitative estimate of drug-likeness (QED) is 0.720. The maximum absolute atomic E-state index is 3.15. The number of benzene rings is 1. The SMILES string of the molecule is CCc1cc(-c2ccccc2)[nH+][nH]1. The van der Waals surface area contributed by atoms with Crippen LogP contribution in [0.15, 0.2) is 36.4 Å². The number of aromatic nitrogens is 2. The molecule has 0 amide bonds. The molecule has 2 nitrogen and oxygen atoms in total. The molecule has 0 saturated carbocycles. The van der Waals surface area contributed by atoms with Crippen LogP contribution in [0.5, 0.6) is 0 Å². The Bertz CT molecular complexity index is 376. The largest absolute Gasteiger partial charge is 0.235 e. The van der Waals surface area contributed by atoms with Crippen molar-refractivity contribution < 1.29 is 5.10 Å². The second kappa shape index (κ2) is 3.44. The molecule has 0 aliphatic rings. The van der Waals surface area contributed by atoms with E-state index in [-0.39, 0.29) is 0 Å². The summed E-state index contributed by atoms with van der Waals surface area (Å²) in [6, 6.07) is 12.5. The Kier molecular flexibility index (Phi) is 2.13. The highest BCUT2D eigenvalue weighted by atomic mass is 15.1. The Labute approximate surface area is 77.6 Å². The van der Waals surface area contributed by atoms with Crippen LogP contribution >= 0.6 is 0 Å². The third kappa shape index (κ3) is 1.61. The summed E-state index contributed by atoms with van der Waals surface area (Å²) in [5.74, 6) is 0. The summed E-state index contributed by atoms with van der Waals surface area (Å²) >= 11 is 0. The van der Waals surface area contributed by atoms with Crippen molar-refractivity contribution in [1.82, 2.24) is 5.10 Å². The molecular formula is C11H13N2+. The molecule has 0 spiro atoms. The standard InChI is InChI=1S/C11H12N2/c1-2-10-8-11(13-12-10)9-6-4-3-5-7-9/h3-8H,2H2,1H3,(H,12,13)/p+1. The number of hydrogen-bond donors (Lipinski definition) is 1. The molecule has 0 fully saturated rings. The average Bonchev–Trinajstić information content (AvgIpc) is 2.67. The number of rotatable bonds is 2. The number of hydrogen-bond acceptors (Lipinski definition) is 0. The van der Waals surface area contributed by atoms with Crippen LogP contribution in [0.2, 0.25) is 0 Å². The lowest BCUT2D eigenvalue weighted by atomic mass is 10.1. The van der Waals surface area contributed by atoms with E-state index in [1.165, 1.54) is 11.3 Å². The molecule has 2 rings (SSSR count). The Morgan fingerprint density at radius 1 is 1.23 bits per heavy atom. The number of H-pyrrole nitrogens is 2. The summed E-state index contributed by atoms with van der Waals surface area (Å²) in [5, 5.41) is 6.28. The predicted molar refractivity (Wildman–Crippen MR) is 52.2 cm³/mol. The lowest BCUT2D eigenvalue weighted by molar-refractivity contribution is -0.438. The van der Waals surface area contributed by atoms with Crippen molar-refractivity contribution in [2.75, 3.05) is 0 Å². The minimum absolute atomic E-state index is 1.03. The summed E-state index contributed by atoms with van der Waals surface area (Å²) in [4.78, 5) is 0. The van der Waals surface area contributed by atoms with Crippen molar-refractivity contribution >= 4 is 0 Å². The second-order valence-corrected chi connectivity index (χ2v) is 3.05. The Hall–Kier alpha value is -1.57. The van der Waals surface area contributed by atoms with E-state index in [1.807, 2.05) is 18.2 Å².